The molecule has 3 aromatic carbocycles. The molecule has 272 valence electrons. The quantitative estimate of drug-likeness (QED) is 0.136. The molecule has 10 nitrogen and oxygen atoms in total. The maximum atomic E-state index is 15.4. The van der Waals surface area contributed by atoms with Gasteiger partial charge < -0.3 is 14.6 Å². The summed E-state index contributed by atoms with van der Waals surface area (Å²) < 4.78 is 11.2. The van der Waals surface area contributed by atoms with E-state index in [1.54, 1.807) is 43.5 Å². The summed E-state index contributed by atoms with van der Waals surface area (Å²) in [7, 11) is 1.56. The normalized spacial score (nSPS) is 26.3. The number of thiophene rings is 1. The number of amides is 4. The number of rotatable bonds is 10. The van der Waals surface area contributed by atoms with Gasteiger partial charge in [-0.3, -0.25) is 29.5 Å². The Hall–Kier alpha value is -4.68. The fourth-order valence-electron chi connectivity index (χ4n) is 8.92. The first kappa shape index (κ1) is 35.4. The predicted molar refractivity (Wildman–Crippen MR) is 200 cm³/mol. The van der Waals surface area contributed by atoms with Gasteiger partial charge in [0.15, 0.2) is 0 Å². The molecule has 8 rings (SSSR count). The Labute approximate surface area is 319 Å². The van der Waals surface area contributed by atoms with Crippen molar-refractivity contribution in [2.75, 3.05) is 25.7 Å². The van der Waals surface area contributed by atoms with Crippen LogP contribution in [0.3, 0.4) is 0 Å². The van der Waals surface area contributed by atoms with Gasteiger partial charge in [-0.1, -0.05) is 65.2 Å². The fraction of sp³-hybridized carbons (Fsp3) is 0.300. The summed E-state index contributed by atoms with van der Waals surface area (Å²) in [4.78, 5) is 60.8. The summed E-state index contributed by atoms with van der Waals surface area (Å²) in [5.41, 5.74) is 4.04. The van der Waals surface area contributed by atoms with Crippen LogP contribution >= 0.6 is 34.5 Å². The maximum Gasteiger partial charge on any atom is 0.260 e. The number of carbonyl (C=O) groups is 4. The van der Waals surface area contributed by atoms with Gasteiger partial charge in [0.25, 0.3) is 11.8 Å². The highest BCUT2D eigenvalue weighted by Gasteiger charge is 2.70. The lowest BCUT2D eigenvalue weighted by Gasteiger charge is -2.50. The molecule has 0 spiro atoms. The molecule has 13 heteroatoms. The Bertz CT molecular complexity index is 2120. The van der Waals surface area contributed by atoms with E-state index in [0.29, 0.717) is 34.2 Å². The molecule has 2 aliphatic heterocycles. The number of halogens is 2. The predicted octanol–water partition coefficient (Wildman–Crippen LogP) is 6.62. The fourth-order valence-corrected chi connectivity index (χ4v) is 10.1. The molecular weight excluding hydrogens is 737 g/mol. The number of ether oxygens (including phenoxy) is 2. The molecule has 53 heavy (non-hydrogen) atoms. The summed E-state index contributed by atoms with van der Waals surface area (Å²) >= 11 is 14.2. The van der Waals surface area contributed by atoms with Gasteiger partial charge in [-0.15, -0.1) is 11.3 Å². The minimum absolute atomic E-state index is 0.107. The standard InChI is InChI=1S/C40H35Cl2N3O7S/c1-51-25-11-6-23(7-12-25)40-31(37(48)45(39(40)50)43-33-15-8-24(41)19-32(33)42)20-30-28(35(40)22-4-9-26(10-5-22)52-17-16-46)13-14-29-34(30)38(49)44(36(29)47)21-27-3-2-18-53-27/h2-13,15,18-19,29-31,34-35,43,46H,14,16-17,20-21H2,1H3. The number of fused-ring (bicyclic) bond motifs is 4. The number of nitrogens with one attached hydrogen (secondary N) is 1. The van der Waals surface area contributed by atoms with Crippen molar-refractivity contribution in [1.29, 1.82) is 0 Å². The number of allylic oxidation sites excluding steroid dienone is 2. The lowest BCUT2D eigenvalue weighted by atomic mass is 9.49. The smallest absolute Gasteiger partial charge is 0.260 e. The molecule has 6 atom stereocenters. The van der Waals surface area contributed by atoms with Gasteiger partial charge in [0.05, 0.1) is 54.1 Å². The Morgan fingerprint density at radius 2 is 1.68 bits per heavy atom. The van der Waals surface area contributed by atoms with E-state index >= 15 is 4.79 Å². The third kappa shape index (κ3) is 5.72. The zero-order chi connectivity index (χ0) is 37.0. The highest BCUT2D eigenvalue weighted by molar-refractivity contribution is 7.09. The van der Waals surface area contributed by atoms with Gasteiger partial charge in [-0.2, -0.15) is 5.01 Å². The van der Waals surface area contributed by atoms with Crippen LogP contribution in [0.15, 0.2) is 95.9 Å². The second-order valence-electron chi connectivity index (χ2n) is 13.7. The molecule has 4 aromatic rings. The van der Waals surface area contributed by atoms with Gasteiger partial charge in [0.2, 0.25) is 11.8 Å². The Morgan fingerprint density at radius 3 is 2.36 bits per heavy atom. The number of hydrogen-bond acceptors (Lipinski definition) is 9. The van der Waals surface area contributed by atoms with E-state index in [9.17, 15) is 19.5 Å². The van der Waals surface area contributed by atoms with Crippen LogP contribution in [0, 0.1) is 23.7 Å². The molecule has 3 heterocycles. The van der Waals surface area contributed by atoms with Crippen LogP contribution in [-0.4, -0.2) is 59.0 Å². The Morgan fingerprint density at radius 1 is 0.925 bits per heavy atom. The molecule has 2 aliphatic carbocycles. The van der Waals surface area contributed by atoms with E-state index in [0.717, 1.165) is 21.0 Å². The average molecular weight is 773 g/mol. The molecule has 2 saturated heterocycles. The van der Waals surface area contributed by atoms with Crippen LogP contribution in [0.5, 0.6) is 11.5 Å². The number of nitrogens with zero attached hydrogens (tertiary/aromatic N) is 2. The van der Waals surface area contributed by atoms with Crippen LogP contribution in [0.1, 0.15) is 34.8 Å². The first-order valence-corrected chi connectivity index (χ1v) is 19.0. The largest absolute Gasteiger partial charge is 0.497 e. The van der Waals surface area contributed by atoms with Gasteiger partial charge in [0, 0.05) is 15.8 Å². The molecule has 0 bridgehead atoms. The van der Waals surface area contributed by atoms with E-state index in [2.05, 4.69) is 5.43 Å². The Balaban J connectivity index is 1.30. The van der Waals surface area contributed by atoms with Crippen molar-refractivity contribution in [3.8, 4) is 11.5 Å². The van der Waals surface area contributed by atoms with Gasteiger partial charge in [-0.05, 0) is 83.8 Å². The monoisotopic (exact) mass is 771 g/mol. The molecule has 4 aliphatic rings. The third-order valence-corrected chi connectivity index (χ3v) is 12.5. The topological polar surface area (TPSA) is 125 Å². The first-order chi connectivity index (χ1) is 25.7. The van der Waals surface area contributed by atoms with E-state index in [-0.39, 0.29) is 43.0 Å². The van der Waals surface area contributed by atoms with E-state index in [1.807, 2.05) is 47.9 Å². The number of anilines is 1. The van der Waals surface area contributed by atoms with Crippen LogP contribution in [0.2, 0.25) is 10.0 Å². The number of benzene rings is 3. The van der Waals surface area contributed by atoms with Crippen LogP contribution in [-0.2, 0) is 31.1 Å². The number of hydrogen-bond donors (Lipinski definition) is 2. The zero-order valence-corrected chi connectivity index (χ0v) is 30.9. The summed E-state index contributed by atoms with van der Waals surface area (Å²) in [6, 6.07) is 23.0. The molecule has 2 N–H and O–H groups in total. The SMILES string of the molecule is COc1ccc(C23C(=O)N(Nc4ccc(Cl)cc4Cl)C(=O)C2CC2C(=CCC4C(=O)N(Cc5cccs5)C(=O)C42)C3c2ccc(OCCO)cc2)cc1. The van der Waals surface area contributed by atoms with E-state index in [1.165, 1.54) is 22.3 Å². The lowest BCUT2D eigenvalue weighted by Crippen LogP contribution is -2.53. The molecule has 6 unspecified atom stereocenters. The summed E-state index contributed by atoms with van der Waals surface area (Å²) in [5, 5.41) is 12.9. The zero-order valence-electron chi connectivity index (χ0n) is 28.5. The Kier molecular flexibility index (Phi) is 9.30. The van der Waals surface area contributed by atoms with Crippen LogP contribution in [0.25, 0.3) is 0 Å². The van der Waals surface area contributed by atoms with Crippen molar-refractivity contribution in [3.05, 3.63) is 122 Å². The maximum absolute atomic E-state index is 15.4. The van der Waals surface area contributed by atoms with E-state index in [4.69, 9.17) is 32.7 Å². The summed E-state index contributed by atoms with van der Waals surface area (Å²) in [6.45, 7) is 0.145. The molecule has 0 radical (unpaired) electrons. The van der Waals surface area contributed by atoms with E-state index < -0.39 is 46.8 Å². The second kappa shape index (κ2) is 13.9. The number of aliphatic hydroxyl groups excluding tert-OH is 1. The van der Waals surface area contributed by atoms with Crippen molar-refractivity contribution in [2.24, 2.45) is 23.7 Å². The number of likely N-dealkylation sites (tertiary alicyclic amines) is 1. The van der Waals surface area contributed by atoms with Crippen LogP contribution < -0.4 is 14.9 Å². The highest BCUT2D eigenvalue weighted by Crippen LogP contribution is 2.64. The summed E-state index contributed by atoms with van der Waals surface area (Å²) in [5.74, 6) is -3.74. The number of aliphatic hydroxyl groups is 1. The highest BCUT2D eigenvalue weighted by atomic mass is 35.5. The van der Waals surface area contributed by atoms with Crippen molar-refractivity contribution in [1.82, 2.24) is 9.91 Å². The minimum Gasteiger partial charge on any atom is -0.497 e. The number of imide groups is 2. The molecular formula is C40H35Cl2N3O7S. The summed E-state index contributed by atoms with van der Waals surface area (Å²) in [6.07, 6.45) is 2.51. The van der Waals surface area contributed by atoms with Gasteiger partial charge in [-0.25, -0.2) is 0 Å². The van der Waals surface area contributed by atoms with Crippen molar-refractivity contribution < 1.29 is 33.8 Å². The molecule has 1 aromatic heterocycles. The molecule has 1 saturated carbocycles. The van der Waals surface area contributed by atoms with Crippen LogP contribution in [0.4, 0.5) is 5.69 Å². The average Bonchev–Trinajstić information content (AvgIpc) is 3.83. The molecule has 4 amide bonds. The first-order valence-electron chi connectivity index (χ1n) is 17.3. The minimum atomic E-state index is -1.47. The number of methoxy groups -OCH3 is 1. The molecule has 3 fully saturated rings. The third-order valence-electron chi connectivity index (χ3n) is 11.1. The van der Waals surface area contributed by atoms with Crippen molar-refractivity contribution in [3.63, 3.8) is 0 Å². The van der Waals surface area contributed by atoms with Crippen molar-refractivity contribution >= 4 is 63.9 Å². The number of hydrazine groups is 1. The lowest BCUT2D eigenvalue weighted by molar-refractivity contribution is -0.141. The second-order valence-corrected chi connectivity index (χ2v) is 15.6. The van der Waals surface area contributed by atoms with Crippen molar-refractivity contribution in [2.45, 2.75) is 30.7 Å². The van der Waals surface area contributed by atoms with Gasteiger partial charge >= 0.3 is 0 Å². The van der Waals surface area contributed by atoms with Gasteiger partial charge in [0.1, 0.15) is 18.1 Å². The number of carbonyl (C=O) groups excluding carboxylic acids is 4.